The van der Waals surface area contributed by atoms with E-state index in [1.807, 2.05) is 18.3 Å². The molecule has 0 fully saturated rings. The number of pyridine rings is 1. The van der Waals surface area contributed by atoms with Crippen molar-refractivity contribution < 1.29 is 0 Å². The van der Waals surface area contributed by atoms with Gasteiger partial charge >= 0.3 is 0 Å². The lowest BCUT2D eigenvalue weighted by Crippen LogP contribution is -1.87. The number of aromatic nitrogens is 2. The normalized spacial score (nSPS) is 9.45. The molecular weight excluding hydrogens is 162 g/mol. The van der Waals surface area contributed by atoms with Gasteiger partial charge in [-0.25, -0.2) is 4.98 Å². The van der Waals surface area contributed by atoms with E-state index in [0.29, 0.717) is 5.82 Å². The van der Waals surface area contributed by atoms with E-state index in [0.717, 1.165) is 11.0 Å². The lowest BCUT2D eigenvalue weighted by atomic mass is 10.4. The Labute approximate surface area is 70.0 Å². The van der Waals surface area contributed by atoms with Crippen LogP contribution in [0.2, 0.25) is 0 Å². The highest BCUT2D eigenvalue weighted by atomic mass is 35.5. The molecule has 4 heteroatoms. The Bertz CT molecular complexity index is 355. The molecule has 11 heavy (non-hydrogen) atoms. The number of fused-ring (bicyclic) bond motifs is 1. The molecule has 2 rings (SSSR count). The van der Waals surface area contributed by atoms with Crippen molar-refractivity contribution in [1.82, 2.24) is 9.97 Å². The zero-order chi connectivity index (χ0) is 6.97. The molecule has 0 aliphatic heterocycles. The van der Waals surface area contributed by atoms with Crippen molar-refractivity contribution in [3.63, 3.8) is 0 Å². The van der Waals surface area contributed by atoms with Crippen LogP contribution in [0.25, 0.3) is 11.0 Å². The first-order valence-electron chi connectivity index (χ1n) is 3.06. The predicted molar refractivity (Wildman–Crippen MR) is 47.8 cm³/mol. The van der Waals surface area contributed by atoms with Gasteiger partial charge in [0.25, 0.3) is 0 Å². The van der Waals surface area contributed by atoms with Crippen molar-refractivity contribution in [3.8, 4) is 0 Å². The molecule has 0 saturated carbocycles. The summed E-state index contributed by atoms with van der Waals surface area (Å²) in [7, 11) is 0. The van der Waals surface area contributed by atoms with Gasteiger partial charge in [-0.3, -0.25) is 0 Å². The average Bonchev–Trinajstić information content (AvgIpc) is 2.33. The maximum Gasteiger partial charge on any atom is 0.124 e. The van der Waals surface area contributed by atoms with Crippen molar-refractivity contribution in [2.24, 2.45) is 0 Å². The number of hydrogen-bond donors (Lipinski definition) is 2. The van der Waals surface area contributed by atoms with Crippen molar-refractivity contribution >= 4 is 29.3 Å². The molecule has 2 aromatic heterocycles. The smallest absolute Gasteiger partial charge is 0.124 e. The van der Waals surface area contributed by atoms with Crippen LogP contribution in [0.4, 0.5) is 5.82 Å². The monoisotopic (exact) mass is 169 g/mol. The summed E-state index contributed by atoms with van der Waals surface area (Å²) in [6.45, 7) is 0. The van der Waals surface area contributed by atoms with Crippen LogP contribution in [0.1, 0.15) is 0 Å². The van der Waals surface area contributed by atoms with Crippen molar-refractivity contribution in [1.29, 1.82) is 0 Å². The summed E-state index contributed by atoms with van der Waals surface area (Å²) in [5.74, 6) is 0.562. The van der Waals surface area contributed by atoms with Gasteiger partial charge in [0.2, 0.25) is 0 Å². The molecule has 3 nitrogen and oxygen atoms in total. The van der Waals surface area contributed by atoms with Crippen LogP contribution in [0.5, 0.6) is 0 Å². The molecule has 58 valence electrons. The zero-order valence-corrected chi connectivity index (χ0v) is 6.56. The Kier molecular flexibility index (Phi) is 2.01. The number of nitrogens with zero attached hydrogens (tertiary/aromatic N) is 1. The lowest BCUT2D eigenvalue weighted by molar-refractivity contribution is 1.41. The minimum atomic E-state index is 0. The Morgan fingerprint density at radius 1 is 1.27 bits per heavy atom. The minimum absolute atomic E-state index is 0. The number of nitrogen functional groups attached to an aromatic ring is 1. The zero-order valence-electron chi connectivity index (χ0n) is 5.74. The molecule has 0 spiro atoms. The number of rotatable bonds is 0. The molecule has 0 unspecified atom stereocenters. The van der Waals surface area contributed by atoms with E-state index in [9.17, 15) is 0 Å². The number of aromatic amines is 1. The Morgan fingerprint density at radius 3 is 2.91 bits per heavy atom. The summed E-state index contributed by atoms with van der Waals surface area (Å²) in [5.41, 5.74) is 7.40. The highest BCUT2D eigenvalue weighted by Gasteiger charge is 1.93. The van der Waals surface area contributed by atoms with Gasteiger partial charge in [-0.15, -0.1) is 12.4 Å². The maximum absolute atomic E-state index is 5.46. The molecule has 2 heterocycles. The summed E-state index contributed by atoms with van der Waals surface area (Å²) in [6.07, 6.45) is 1.84. The SMILES string of the molecule is Cl.Nc1ccc2[nH]ccc2n1. The first kappa shape index (κ1) is 7.88. The fraction of sp³-hybridized carbons (Fsp3) is 0. The number of H-pyrrole nitrogens is 1. The predicted octanol–water partition coefficient (Wildman–Crippen LogP) is 1.57. The number of halogens is 1. The summed E-state index contributed by atoms with van der Waals surface area (Å²) in [6, 6.07) is 5.59. The highest BCUT2D eigenvalue weighted by molar-refractivity contribution is 5.85. The standard InChI is InChI=1S/C7H7N3.ClH/c8-7-2-1-5-6(10-7)3-4-9-5;/h1-4,9H,(H2,8,10);1H. The fourth-order valence-corrected chi connectivity index (χ4v) is 0.950. The molecule has 0 saturated heterocycles. The highest BCUT2D eigenvalue weighted by Crippen LogP contribution is 2.09. The Morgan fingerprint density at radius 2 is 2.09 bits per heavy atom. The molecule has 0 radical (unpaired) electrons. The van der Waals surface area contributed by atoms with Crippen LogP contribution in [0.3, 0.4) is 0 Å². The molecule has 0 bridgehead atoms. The lowest BCUT2D eigenvalue weighted by Gasteiger charge is -1.89. The van der Waals surface area contributed by atoms with E-state index >= 15 is 0 Å². The van der Waals surface area contributed by atoms with Crippen molar-refractivity contribution in [3.05, 3.63) is 24.4 Å². The maximum atomic E-state index is 5.46. The molecule has 0 aliphatic rings. The van der Waals surface area contributed by atoms with Gasteiger partial charge in [-0.2, -0.15) is 0 Å². The van der Waals surface area contributed by atoms with E-state index in [4.69, 9.17) is 5.73 Å². The summed E-state index contributed by atoms with van der Waals surface area (Å²) in [5, 5.41) is 0. The van der Waals surface area contributed by atoms with Gasteiger partial charge in [-0.1, -0.05) is 0 Å². The topological polar surface area (TPSA) is 54.7 Å². The van der Waals surface area contributed by atoms with E-state index in [1.54, 1.807) is 6.07 Å². The van der Waals surface area contributed by atoms with E-state index in [-0.39, 0.29) is 12.4 Å². The summed E-state index contributed by atoms with van der Waals surface area (Å²) < 4.78 is 0. The quantitative estimate of drug-likeness (QED) is 0.629. The third-order valence-corrected chi connectivity index (χ3v) is 1.43. The number of nitrogens with one attached hydrogen (secondary N) is 1. The molecule has 0 amide bonds. The van der Waals surface area contributed by atoms with E-state index in [1.165, 1.54) is 0 Å². The van der Waals surface area contributed by atoms with Crippen LogP contribution >= 0.6 is 12.4 Å². The largest absolute Gasteiger partial charge is 0.384 e. The first-order valence-corrected chi connectivity index (χ1v) is 3.06. The Balaban J connectivity index is 0.000000605. The van der Waals surface area contributed by atoms with Crippen LogP contribution in [-0.4, -0.2) is 9.97 Å². The number of hydrogen-bond acceptors (Lipinski definition) is 2. The van der Waals surface area contributed by atoms with Gasteiger partial charge in [0.15, 0.2) is 0 Å². The van der Waals surface area contributed by atoms with Crippen LogP contribution in [-0.2, 0) is 0 Å². The van der Waals surface area contributed by atoms with Crippen LogP contribution < -0.4 is 5.73 Å². The first-order chi connectivity index (χ1) is 4.86. The second-order valence-electron chi connectivity index (χ2n) is 2.15. The van der Waals surface area contributed by atoms with Gasteiger partial charge in [-0.05, 0) is 18.2 Å². The molecule has 0 aromatic carbocycles. The summed E-state index contributed by atoms with van der Waals surface area (Å²) in [4.78, 5) is 7.11. The summed E-state index contributed by atoms with van der Waals surface area (Å²) >= 11 is 0. The fourth-order valence-electron chi connectivity index (χ4n) is 0.950. The van der Waals surface area contributed by atoms with Crippen LogP contribution in [0.15, 0.2) is 24.4 Å². The number of nitrogens with two attached hydrogens (primary N) is 1. The van der Waals surface area contributed by atoms with E-state index < -0.39 is 0 Å². The molecule has 3 N–H and O–H groups in total. The van der Waals surface area contributed by atoms with Gasteiger partial charge < -0.3 is 10.7 Å². The number of anilines is 1. The minimum Gasteiger partial charge on any atom is -0.384 e. The second kappa shape index (κ2) is 2.80. The molecule has 0 atom stereocenters. The third-order valence-electron chi connectivity index (χ3n) is 1.43. The Hall–Kier alpha value is -1.22. The van der Waals surface area contributed by atoms with Crippen molar-refractivity contribution in [2.75, 3.05) is 5.73 Å². The second-order valence-corrected chi connectivity index (χ2v) is 2.15. The van der Waals surface area contributed by atoms with Gasteiger partial charge in [0, 0.05) is 6.20 Å². The molecule has 2 aromatic rings. The third kappa shape index (κ3) is 1.28. The van der Waals surface area contributed by atoms with E-state index in [2.05, 4.69) is 9.97 Å². The molecule has 0 aliphatic carbocycles. The average molecular weight is 170 g/mol. The van der Waals surface area contributed by atoms with Crippen molar-refractivity contribution in [2.45, 2.75) is 0 Å². The van der Waals surface area contributed by atoms with Gasteiger partial charge in [0.05, 0.1) is 11.0 Å². The molecular formula is C7H8ClN3. The van der Waals surface area contributed by atoms with Gasteiger partial charge in [0.1, 0.15) is 5.82 Å². The van der Waals surface area contributed by atoms with Crippen LogP contribution in [0, 0.1) is 0 Å².